The number of anilines is 1. The predicted octanol–water partition coefficient (Wildman–Crippen LogP) is 2.40. The van der Waals surface area contributed by atoms with E-state index in [-0.39, 0.29) is 23.1 Å². The highest BCUT2D eigenvalue weighted by atomic mass is 19.1. The van der Waals surface area contributed by atoms with Gasteiger partial charge in [-0.15, -0.1) is 0 Å². The van der Waals surface area contributed by atoms with Crippen molar-refractivity contribution in [3.63, 3.8) is 0 Å². The Morgan fingerprint density at radius 1 is 1.33 bits per heavy atom. The van der Waals surface area contributed by atoms with Crippen LogP contribution in [0.25, 0.3) is 0 Å². The molecule has 0 radical (unpaired) electrons. The molecule has 1 fully saturated rings. The first-order chi connectivity index (χ1) is 9.77. The Labute approximate surface area is 125 Å². The Morgan fingerprint density at radius 3 is 2.48 bits per heavy atom. The number of nitrogens with zero attached hydrogens (tertiary/aromatic N) is 1. The first-order valence-corrected chi connectivity index (χ1v) is 7.38. The van der Waals surface area contributed by atoms with Crippen molar-refractivity contribution < 1.29 is 9.18 Å². The topological polar surface area (TPSA) is 58.4 Å². The van der Waals surface area contributed by atoms with E-state index in [1.165, 1.54) is 12.1 Å². The van der Waals surface area contributed by atoms with Gasteiger partial charge in [-0.1, -0.05) is 0 Å². The standard InChI is InChI=1S/C16H24FN3O/c1-16(2,3)20-8-6-12(7-9-20)19-15(21)13-5-4-11(18)10-14(13)17/h4-5,10,12H,6-9,18H2,1-3H3,(H,19,21). The molecule has 1 aromatic rings. The van der Waals surface area contributed by atoms with Gasteiger partial charge in [-0.25, -0.2) is 4.39 Å². The van der Waals surface area contributed by atoms with Crippen LogP contribution in [0.3, 0.4) is 0 Å². The van der Waals surface area contributed by atoms with Crippen LogP contribution in [0.15, 0.2) is 18.2 Å². The van der Waals surface area contributed by atoms with E-state index in [4.69, 9.17) is 5.73 Å². The van der Waals surface area contributed by atoms with E-state index in [9.17, 15) is 9.18 Å². The quantitative estimate of drug-likeness (QED) is 0.823. The Kier molecular flexibility index (Phi) is 4.52. The van der Waals surface area contributed by atoms with E-state index in [1.807, 2.05) is 0 Å². The van der Waals surface area contributed by atoms with E-state index < -0.39 is 5.82 Å². The first kappa shape index (κ1) is 15.8. The normalized spacial score (nSPS) is 17.7. The molecule has 5 heteroatoms. The summed E-state index contributed by atoms with van der Waals surface area (Å²) in [5.74, 6) is -0.929. The number of carbonyl (C=O) groups excluding carboxylic acids is 1. The number of benzene rings is 1. The van der Waals surface area contributed by atoms with E-state index in [0.29, 0.717) is 5.69 Å². The maximum absolute atomic E-state index is 13.7. The number of likely N-dealkylation sites (tertiary alicyclic amines) is 1. The molecule has 4 nitrogen and oxygen atoms in total. The van der Waals surface area contributed by atoms with Gasteiger partial charge in [-0.05, 0) is 51.8 Å². The minimum Gasteiger partial charge on any atom is -0.399 e. The highest BCUT2D eigenvalue weighted by molar-refractivity contribution is 5.95. The lowest BCUT2D eigenvalue weighted by Gasteiger charge is -2.41. The lowest BCUT2D eigenvalue weighted by molar-refractivity contribution is 0.0810. The summed E-state index contributed by atoms with van der Waals surface area (Å²) in [6.07, 6.45) is 1.78. The highest BCUT2D eigenvalue weighted by Crippen LogP contribution is 2.20. The number of hydrogen-bond donors (Lipinski definition) is 2. The third kappa shape index (κ3) is 3.94. The minimum atomic E-state index is -0.570. The molecule has 0 spiro atoms. The van der Waals surface area contributed by atoms with Crippen molar-refractivity contribution in [2.75, 3.05) is 18.8 Å². The highest BCUT2D eigenvalue weighted by Gasteiger charge is 2.28. The van der Waals surface area contributed by atoms with E-state index in [2.05, 4.69) is 31.0 Å². The van der Waals surface area contributed by atoms with Crippen LogP contribution in [0.1, 0.15) is 44.0 Å². The summed E-state index contributed by atoms with van der Waals surface area (Å²) < 4.78 is 13.7. The number of amides is 1. The van der Waals surface area contributed by atoms with Crippen LogP contribution in [-0.2, 0) is 0 Å². The van der Waals surface area contributed by atoms with Gasteiger partial charge in [0, 0.05) is 30.4 Å². The molecule has 21 heavy (non-hydrogen) atoms. The third-order valence-corrected chi connectivity index (χ3v) is 4.02. The molecule has 1 aliphatic rings. The molecule has 0 aromatic heterocycles. The van der Waals surface area contributed by atoms with Crippen LogP contribution in [0.2, 0.25) is 0 Å². The molecule has 1 aromatic carbocycles. The average Bonchev–Trinajstić information content (AvgIpc) is 2.38. The van der Waals surface area contributed by atoms with Gasteiger partial charge in [0.05, 0.1) is 5.56 Å². The van der Waals surface area contributed by atoms with Crippen LogP contribution in [0, 0.1) is 5.82 Å². The molecular formula is C16H24FN3O. The Morgan fingerprint density at radius 2 is 1.95 bits per heavy atom. The van der Waals surface area contributed by atoms with Gasteiger partial charge >= 0.3 is 0 Å². The Bertz CT molecular complexity index is 517. The average molecular weight is 293 g/mol. The fourth-order valence-corrected chi connectivity index (χ4v) is 2.67. The van der Waals surface area contributed by atoms with E-state index in [0.717, 1.165) is 25.9 Å². The molecular weight excluding hydrogens is 269 g/mol. The molecule has 0 aliphatic carbocycles. The van der Waals surface area contributed by atoms with Crippen molar-refractivity contribution in [2.24, 2.45) is 0 Å². The van der Waals surface area contributed by atoms with Crippen LogP contribution in [-0.4, -0.2) is 35.5 Å². The molecule has 2 rings (SSSR count). The largest absolute Gasteiger partial charge is 0.399 e. The molecule has 0 bridgehead atoms. The third-order valence-electron chi connectivity index (χ3n) is 4.02. The number of halogens is 1. The number of piperidine rings is 1. The molecule has 0 unspecified atom stereocenters. The number of carbonyl (C=O) groups is 1. The van der Waals surface area contributed by atoms with Gasteiger partial charge in [0.2, 0.25) is 0 Å². The van der Waals surface area contributed by atoms with Crippen LogP contribution in [0.5, 0.6) is 0 Å². The number of hydrogen-bond acceptors (Lipinski definition) is 3. The minimum absolute atomic E-state index is 0.0578. The number of nitrogen functional groups attached to an aromatic ring is 1. The second kappa shape index (κ2) is 6.02. The van der Waals surface area contributed by atoms with Crippen molar-refractivity contribution in [1.29, 1.82) is 0 Å². The first-order valence-electron chi connectivity index (χ1n) is 7.38. The molecule has 116 valence electrons. The van der Waals surface area contributed by atoms with Crippen molar-refractivity contribution >= 4 is 11.6 Å². The summed E-state index contributed by atoms with van der Waals surface area (Å²) in [5, 5.41) is 2.92. The second-order valence-electron chi connectivity index (χ2n) is 6.64. The summed E-state index contributed by atoms with van der Waals surface area (Å²) in [6, 6.07) is 4.26. The van der Waals surface area contributed by atoms with Gasteiger partial charge < -0.3 is 11.1 Å². The van der Waals surface area contributed by atoms with Crippen LogP contribution < -0.4 is 11.1 Å². The molecule has 0 saturated carbocycles. The summed E-state index contributed by atoms with van der Waals surface area (Å²) in [6.45, 7) is 8.46. The van der Waals surface area contributed by atoms with Crippen molar-refractivity contribution in [1.82, 2.24) is 10.2 Å². The van der Waals surface area contributed by atoms with E-state index in [1.54, 1.807) is 6.07 Å². The smallest absolute Gasteiger partial charge is 0.254 e. The van der Waals surface area contributed by atoms with Crippen molar-refractivity contribution in [2.45, 2.75) is 45.2 Å². The summed E-state index contributed by atoms with van der Waals surface area (Å²) in [5.41, 5.74) is 6.02. The zero-order chi connectivity index (χ0) is 15.6. The summed E-state index contributed by atoms with van der Waals surface area (Å²) in [4.78, 5) is 14.5. The fraction of sp³-hybridized carbons (Fsp3) is 0.562. The maximum atomic E-state index is 13.7. The molecule has 1 heterocycles. The van der Waals surface area contributed by atoms with Crippen molar-refractivity contribution in [3.8, 4) is 0 Å². The van der Waals surface area contributed by atoms with E-state index >= 15 is 0 Å². The van der Waals surface area contributed by atoms with Crippen LogP contribution in [0.4, 0.5) is 10.1 Å². The lowest BCUT2D eigenvalue weighted by Crippen LogP contribution is -2.50. The number of nitrogens with two attached hydrogens (primary N) is 1. The van der Waals surface area contributed by atoms with Gasteiger partial charge in [-0.3, -0.25) is 9.69 Å². The zero-order valence-corrected chi connectivity index (χ0v) is 12.9. The SMILES string of the molecule is CC(C)(C)N1CCC(NC(=O)c2ccc(N)cc2F)CC1. The number of nitrogens with one attached hydrogen (secondary N) is 1. The predicted molar refractivity (Wildman–Crippen MR) is 82.6 cm³/mol. The summed E-state index contributed by atoms with van der Waals surface area (Å²) >= 11 is 0. The Hall–Kier alpha value is -1.62. The fourth-order valence-electron chi connectivity index (χ4n) is 2.67. The molecule has 1 aliphatic heterocycles. The van der Waals surface area contributed by atoms with Gasteiger partial charge in [0.1, 0.15) is 5.82 Å². The lowest BCUT2D eigenvalue weighted by atomic mass is 9.98. The molecule has 3 N–H and O–H groups in total. The Balaban J connectivity index is 1.93. The van der Waals surface area contributed by atoms with Gasteiger partial charge in [-0.2, -0.15) is 0 Å². The zero-order valence-electron chi connectivity index (χ0n) is 12.9. The maximum Gasteiger partial charge on any atom is 0.254 e. The van der Waals surface area contributed by atoms with Gasteiger partial charge in [0.15, 0.2) is 0 Å². The molecule has 0 atom stereocenters. The number of rotatable bonds is 2. The summed E-state index contributed by atoms with van der Waals surface area (Å²) in [7, 11) is 0. The molecule has 1 amide bonds. The second-order valence-corrected chi connectivity index (χ2v) is 6.64. The molecule has 1 saturated heterocycles. The van der Waals surface area contributed by atoms with Crippen molar-refractivity contribution in [3.05, 3.63) is 29.6 Å². The monoisotopic (exact) mass is 293 g/mol. The van der Waals surface area contributed by atoms with Crippen LogP contribution >= 0.6 is 0 Å². The van der Waals surface area contributed by atoms with Gasteiger partial charge in [0.25, 0.3) is 5.91 Å².